The minimum Gasteiger partial charge on any atom is -0.331 e. The van der Waals surface area contributed by atoms with Gasteiger partial charge < -0.3 is 4.90 Å². The van der Waals surface area contributed by atoms with Crippen molar-refractivity contribution in [3.63, 3.8) is 0 Å². The molecule has 0 saturated heterocycles. The second kappa shape index (κ2) is 5.83. The zero-order valence-electron chi connectivity index (χ0n) is 10.5. The van der Waals surface area contributed by atoms with E-state index in [0.29, 0.717) is 12.5 Å². The van der Waals surface area contributed by atoms with E-state index in [2.05, 4.69) is 5.92 Å². The van der Waals surface area contributed by atoms with E-state index in [9.17, 15) is 13.6 Å². The summed E-state index contributed by atoms with van der Waals surface area (Å²) in [6.45, 7) is 0.865. The molecule has 0 N–H and O–H groups in total. The Morgan fingerprint density at radius 3 is 2.74 bits per heavy atom. The number of carbonyl (C=O) groups excluding carboxylic acids is 1. The number of hydrogen-bond acceptors (Lipinski definition) is 1. The van der Waals surface area contributed by atoms with E-state index >= 15 is 0 Å². The molecule has 0 aliphatic heterocycles. The van der Waals surface area contributed by atoms with Crippen LogP contribution in [0.5, 0.6) is 0 Å². The lowest BCUT2D eigenvalue weighted by atomic mass is 10.1. The van der Waals surface area contributed by atoms with Crippen molar-refractivity contribution in [3.8, 4) is 12.3 Å². The molecule has 19 heavy (non-hydrogen) atoms. The van der Waals surface area contributed by atoms with Crippen molar-refractivity contribution in [3.05, 3.63) is 35.4 Å². The molecule has 1 amide bonds. The van der Waals surface area contributed by atoms with Gasteiger partial charge in [-0.25, -0.2) is 8.78 Å². The summed E-state index contributed by atoms with van der Waals surface area (Å²) < 4.78 is 26.3. The quantitative estimate of drug-likeness (QED) is 0.747. The highest BCUT2D eigenvalue weighted by molar-refractivity contribution is 5.79. The fourth-order valence-corrected chi connectivity index (χ4v) is 1.92. The van der Waals surface area contributed by atoms with Crippen molar-refractivity contribution < 1.29 is 13.6 Å². The molecule has 0 aromatic heterocycles. The largest absolute Gasteiger partial charge is 0.331 e. The first kappa shape index (κ1) is 13.5. The molecule has 2 rings (SSSR count). The molecule has 1 aromatic carbocycles. The second-order valence-electron chi connectivity index (χ2n) is 4.83. The number of nitrogens with zero attached hydrogens (tertiary/aromatic N) is 1. The average molecular weight is 263 g/mol. The number of carbonyl (C=O) groups is 1. The SMILES string of the molecule is C#CCN(CC1CC1)C(=O)Cc1ccc(F)cc1F. The summed E-state index contributed by atoms with van der Waals surface area (Å²) in [6, 6.07) is 3.24. The van der Waals surface area contributed by atoms with Gasteiger partial charge in [-0.2, -0.15) is 0 Å². The fraction of sp³-hybridized carbons (Fsp3) is 0.400. The number of benzene rings is 1. The van der Waals surface area contributed by atoms with E-state index in [1.54, 1.807) is 4.90 Å². The molecule has 0 unspecified atom stereocenters. The predicted molar refractivity (Wildman–Crippen MR) is 68.2 cm³/mol. The standard InChI is InChI=1S/C15H15F2NO/c1-2-7-18(10-11-3-4-11)15(19)8-12-5-6-13(16)9-14(12)17/h1,5-6,9,11H,3-4,7-8,10H2. The van der Waals surface area contributed by atoms with Gasteiger partial charge in [0.05, 0.1) is 13.0 Å². The summed E-state index contributed by atoms with van der Waals surface area (Å²) in [4.78, 5) is 13.6. The van der Waals surface area contributed by atoms with Crippen molar-refractivity contribution in [2.75, 3.05) is 13.1 Å². The van der Waals surface area contributed by atoms with Gasteiger partial charge in [-0.15, -0.1) is 6.42 Å². The van der Waals surface area contributed by atoms with Gasteiger partial charge in [-0.05, 0) is 30.4 Å². The molecule has 0 heterocycles. The molecule has 1 aliphatic rings. The van der Waals surface area contributed by atoms with Crippen LogP contribution in [0.2, 0.25) is 0 Å². The third-order valence-corrected chi connectivity index (χ3v) is 3.17. The van der Waals surface area contributed by atoms with E-state index in [1.165, 1.54) is 6.07 Å². The molecule has 0 radical (unpaired) electrons. The number of halogens is 2. The summed E-state index contributed by atoms with van der Waals surface area (Å²) in [7, 11) is 0. The Morgan fingerprint density at radius 2 is 2.16 bits per heavy atom. The van der Waals surface area contributed by atoms with Crippen LogP contribution in [-0.4, -0.2) is 23.9 Å². The Balaban J connectivity index is 2.02. The highest BCUT2D eigenvalue weighted by atomic mass is 19.1. The summed E-state index contributed by atoms with van der Waals surface area (Å²) in [5.41, 5.74) is 0.198. The van der Waals surface area contributed by atoms with Crippen molar-refractivity contribution in [2.45, 2.75) is 19.3 Å². The minimum atomic E-state index is -0.694. The Labute approximate surface area is 111 Å². The van der Waals surface area contributed by atoms with E-state index in [1.807, 2.05) is 0 Å². The number of hydrogen-bond donors (Lipinski definition) is 0. The molecule has 2 nitrogen and oxygen atoms in total. The van der Waals surface area contributed by atoms with Crippen LogP contribution in [0.3, 0.4) is 0 Å². The first-order valence-electron chi connectivity index (χ1n) is 6.25. The van der Waals surface area contributed by atoms with Gasteiger partial charge in [-0.1, -0.05) is 12.0 Å². The highest BCUT2D eigenvalue weighted by Crippen LogP contribution is 2.29. The normalized spacial score (nSPS) is 13.9. The Morgan fingerprint density at radius 1 is 1.42 bits per heavy atom. The topological polar surface area (TPSA) is 20.3 Å². The van der Waals surface area contributed by atoms with Crippen LogP contribution < -0.4 is 0 Å². The molecule has 4 heteroatoms. The van der Waals surface area contributed by atoms with Crippen LogP contribution in [0, 0.1) is 29.9 Å². The van der Waals surface area contributed by atoms with Gasteiger partial charge in [0.1, 0.15) is 11.6 Å². The van der Waals surface area contributed by atoms with Crippen LogP contribution in [0.25, 0.3) is 0 Å². The van der Waals surface area contributed by atoms with Gasteiger partial charge in [0, 0.05) is 12.6 Å². The minimum absolute atomic E-state index is 0.0828. The summed E-state index contributed by atoms with van der Waals surface area (Å²) in [5.74, 6) is 1.41. The van der Waals surface area contributed by atoms with E-state index in [-0.39, 0.29) is 24.4 Å². The lowest BCUT2D eigenvalue weighted by Crippen LogP contribution is -2.34. The maximum atomic E-state index is 13.5. The van der Waals surface area contributed by atoms with Crippen LogP contribution in [0.4, 0.5) is 8.78 Å². The summed E-state index contributed by atoms with van der Waals surface area (Å²) >= 11 is 0. The first-order chi connectivity index (χ1) is 9.10. The Hall–Kier alpha value is -1.89. The third-order valence-electron chi connectivity index (χ3n) is 3.17. The fourth-order valence-electron chi connectivity index (χ4n) is 1.92. The molecule has 1 saturated carbocycles. The monoisotopic (exact) mass is 263 g/mol. The highest BCUT2D eigenvalue weighted by Gasteiger charge is 2.26. The van der Waals surface area contributed by atoms with Crippen molar-refractivity contribution in [1.82, 2.24) is 4.90 Å². The molecular weight excluding hydrogens is 248 g/mol. The maximum absolute atomic E-state index is 13.5. The summed E-state index contributed by atoms with van der Waals surface area (Å²) in [6.07, 6.45) is 7.38. The molecule has 1 fully saturated rings. The predicted octanol–water partition coefficient (Wildman–Crippen LogP) is 2.38. The Kier molecular flexibility index (Phi) is 4.16. The van der Waals surface area contributed by atoms with Crippen LogP contribution >= 0.6 is 0 Å². The van der Waals surface area contributed by atoms with E-state index in [0.717, 1.165) is 25.0 Å². The van der Waals surface area contributed by atoms with Crippen LogP contribution in [-0.2, 0) is 11.2 Å². The van der Waals surface area contributed by atoms with Gasteiger partial charge in [-0.3, -0.25) is 4.79 Å². The van der Waals surface area contributed by atoms with E-state index < -0.39 is 11.6 Å². The molecule has 1 aromatic rings. The molecule has 100 valence electrons. The molecule has 1 aliphatic carbocycles. The number of rotatable bonds is 5. The lowest BCUT2D eigenvalue weighted by Gasteiger charge is -2.20. The van der Waals surface area contributed by atoms with Crippen LogP contribution in [0.15, 0.2) is 18.2 Å². The van der Waals surface area contributed by atoms with Crippen LogP contribution in [0.1, 0.15) is 18.4 Å². The van der Waals surface area contributed by atoms with Gasteiger partial charge in [0.25, 0.3) is 0 Å². The zero-order valence-corrected chi connectivity index (χ0v) is 10.5. The maximum Gasteiger partial charge on any atom is 0.227 e. The third kappa shape index (κ3) is 3.78. The zero-order chi connectivity index (χ0) is 13.8. The molecule has 0 spiro atoms. The average Bonchev–Trinajstić information content (AvgIpc) is 3.16. The van der Waals surface area contributed by atoms with Gasteiger partial charge >= 0.3 is 0 Å². The molecular formula is C15H15F2NO. The van der Waals surface area contributed by atoms with Crippen molar-refractivity contribution in [2.24, 2.45) is 5.92 Å². The second-order valence-corrected chi connectivity index (χ2v) is 4.83. The summed E-state index contributed by atoms with van der Waals surface area (Å²) in [5, 5.41) is 0. The number of amides is 1. The smallest absolute Gasteiger partial charge is 0.227 e. The van der Waals surface area contributed by atoms with E-state index in [4.69, 9.17) is 6.42 Å². The number of terminal acetylenes is 1. The first-order valence-corrected chi connectivity index (χ1v) is 6.25. The van der Waals surface area contributed by atoms with Crippen molar-refractivity contribution >= 4 is 5.91 Å². The Bertz CT molecular complexity index is 517. The van der Waals surface area contributed by atoms with Crippen molar-refractivity contribution in [1.29, 1.82) is 0 Å². The van der Waals surface area contributed by atoms with Gasteiger partial charge in [0.15, 0.2) is 0 Å². The van der Waals surface area contributed by atoms with Gasteiger partial charge in [0.2, 0.25) is 5.91 Å². The molecule has 0 atom stereocenters. The lowest BCUT2D eigenvalue weighted by molar-refractivity contribution is -0.130. The molecule has 0 bridgehead atoms.